The molecule has 1 aliphatic rings. The van der Waals surface area contributed by atoms with Crippen LogP contribution in [0.5, 0.6) is 5.75 Å². The third kappa shape index (κ3) is 3.45. The lowest BCUT2D eigenvalue weighted by atomic mass is 10.2. The van der Waals surface area contributed by atoms with E-state index in [0.717, 1.165) is 10.4 Å². The number of methoxy groups -OCH3 is 1. The van der Waals surface area contributed by atoms with Crippen LogP contribution in [0.25, 0.3) is 0 Å². The van der Waals surface area contributed by atoms with E-state index in [1.54, 1.807) is 0 Å². The molecule has 0 spiro atoms. The maximum atomic E-state index is 12.3. The van der Waals surface area contributed by atoms with Gasteiger partial charge in [-0.15, -0.1) is 0 Å². The molecule has 1 heterocycles. The molecule has 0 bridgehead atoms. The summed E-state index contributed by atoms with van der Waals surface area (Å²) in [4.78, 5) is 23.3. The Morgan fingerprint density at radius 2 is 2.04 bits per heavy atom. The highest BCUT2D eigenvalue weighted by Gasteiger charge is 2.31. The average Bonchev–Trinajstić information content (AvgIpc) is 2.91. The Kier molecular flexibility index (Phi) is 4.90. The van der Waals surface area contributed by atoms with Gasteiger partial charge in [-0.05, 0) is 18.2 Å². The Hall–Kier alpha value is -2.13. The molecule has 0 radical (unpaired) electrons. The van der Waals surface area contributed by atoms with Gasteiger partial charge in [0, 0.05) is 20.5 Å². The van der Waals surface area contributed by atoms with Crippen LogP contribution in [0.15, 0.2) is 23.1 Å². The maximum Gasteiger partial charge on any atom is 0.347 e. The van der Waals surface area contributed by atoms with Gasteiger partial charge in [-0.3, -0.25) is 0 Å². The molecule has 1 aromatic rings. The van der Waals surface area contributed by atoms with Gasteiger partial charge in [-0.2, -0.15) is 0 Å². The number of hydrogen-bond donors (Lipinski definition) is 0. The van der Waals surface area contributed by atoms with Gasteiger partial charge in [0.2, 0.25) is 16.1 Å². The van der Waals surface area contributed by atoms with Gasteiger partial charge in [-0.1, -0.05) is 0 Å². The van der Waals surface area contributed by atoms with Crippen LogP contribution < -0.4 is 4.74 Å². The number of sulfonamides is 1. The highest BCUT2D eigenvalue weighted by Crippen LogP contribution is 2.27. The van der Waals surface area contributed by atoms with Gasteiger partial charge in [0.1, 0.15) is 10.6 Å². The number of carbonyl (C=O) groups is 2. The molecule has 1 aliphatic heterocycles. The highest BCUT2D eigenvalue weighted by molar-refractivity contribution is 7.89. The van der Waals surface area contributed by atoms with Crippen molar-refractivity contribution in [3.8, 4) is 5.75 Å². The average molecular weight is 343 g/mol. The molecule has 0 amide bonds. The summed E-state index contributed by atoms with van der Waals surface area (Å²) in [7, 11) is 0.264. The van der Waals surface area contributed by atoms with Crippen molar-refractivity contribution in [3.05, 3.63) is 23.8 Å². The molecule has 1 aromatic carbocycles. The van der Waals surface area contributed by atoms with E-state index < -0.39 is 28.1 Å². The molecule has 8 nitrogen and oxygen atoms in total. The molecule has 23 heavy (non-hydrogen) atoms. The van der Waals surface area contributed by atoms with Crippen molar-refractivity contribution in [1.82, 2.24) is 4.31 Å². The number of benzene rings is 1. The first-order valence-electron chi connectivity index (χ1n) is 6.75. The van der Waals surface area contributed by atoms with Crippen molar-refractivity contribution >= 4 is 22.0 Å². The Morgan fingerprint density at radius 3 is 2.57 bits per heavy atom. The van der Waals surface area contributed by atoms with Gasteiger partial charge in [0.15, 0.2) is 0 Å². The summed E-state index contributed by atoms with van der Waals surface area (Å²) in [5.41, 5.74) is 0.00549. The van der Waals surface area contributed by atoms with Crippen LogP contribution in [0.3, 0.4) is 0 Å². The second-order valence-corrected chi connectivity index (χ2v) is 7.12. The van der Waals surface area contributed by atoms with Crippen LogP contribution in [0.4, 0.5) is 0 Å². The van der Waals surface area contributed by atoms with E-state index in [9.17, 15) is 18.0 Å². The largest absolute Gasteiger partial charge is 0.495 e. The lowest BCUT2D eigenvalue weighted by Gasteiger charge is -2.15. The number of nitrogens with zero attached hydrogens (tertiary/aromatic N) is 1. The molecular weight excluding hydrogens is 326 g/mol. The van der Waals surface area contributed by atoms with Crippen LogP contribution >= 0.6 is 0 Å². The first kappa shape index (κ1) is 17.2. The number of rotatable bonds is 5. The Morgan fingerprint density at radius 1 is 1.35 bits per heavy atom. The second-order valence-electron chi connectivity index (χ2n) is 5.00. The zero-order valence-corrected chi connectivity index (χ0v) is 13.8. The molecule has 0 saturated carbocycles. The normalized spacial score (nSPS) is 17.9. The van der Waals surface area contributed by atoms with E-state index in [-0.39, 0.29) is 29.2 Å². The van der Waals surface area contributed by atoms with E-state index >= 15 is 0 Å². The molecular formula is C14H17NO7S. The third-order valence-electron chi connectivity index (χ3n) is 3.29. The van der Waals surface area contributed by atoms with E-state index in [4.69, 9.17) is 14.2 Å². The summed E-state index contributed by atoms with van der Waals surface area (Å²) in [5, 5.41) is 0. The SMILES string of the molecule is COc1ccc(C(=O)O[C@H]2CCOC2=O)cc1S(=O)(=O)N(C)C. The minimum atomic E-state index is -3.80. The van der Waals surface area contributed by atoms with Gasteiger partial charge in [0.25, 0.3) is 0 Å². The molecule has 0 aromatic heterocycles. The summed E-state index contributed by atoms with van der Waals surface area (Å²) in [6.07, 6.45) is -0.678. The Labute approximate surface area is 134 Å². The van der Waals surface area contributed by atoms with Crippen molar-refractivity contribution in [3.63, 3.8) is 0 Å². The molecule has 1 atom stereocenters. The number of cyclic esters (lactones) is 1. The molecule has 0 unspecified atom stereocenters. The van der Waals surface area contributed by atoms with Crippen LogP contribution in [0.1, 0.15) is 16.8 Å². The zero-order valence-electron chi connectivity index (χ0n) is 12.9. The molecule has 9 heteroatoms. The topological polar surface area (TPSA) is 99.2 Å². The van der Waals surface area contributed by atoms with E-state index in [1.807, 2.05) is 0 Å². The number of esters is 2. The van der Waals surface area contributed by atoms with Crippen LogP contribution in [0, 0.1) is 0 Å². The quantitative estimate of drug-likeness (QED) is 0.714. The van der Waals surface area contributed by atoms with Crippen LogP contribution in [-0.2, 0) is 24.3 Å². The second kappa shape index (κ2) is 6.55. The summed E-state index contributed by atoms with van der Waals surface area (Å²) in [6.45, 7) is 0.194. The number of carbonyl (C=O) groups excluding carboxylic acids is 2. The lowest BCUT2D eigenvalue weighted by molar-refractivity contribution is -0.145. The van der Waals surface area contributed by atoms with Gasteiger partial charge in [0.05, 0.1) is 19.3 Å². The minimum absolute atomic E-state index is 0.00549. The molecule has 1 saturated heterocycles. The Bertz CT molecular complexity index is 727. The van der Waals surface area contributed by atoms with Crippen LogP contribution in [0.2, 0.25) is 0 Å². The summed E-state index contributed by atoms with van der Waals surface area (Å²) >= 11 is 0. The van der Waals surface area contributed by atoms with E-state index in [0.29, 0.717) is 0 Å². The highest BCUT2D eigenvalue weighted by atomic mass is 32.2. The monoisotopic (exact) mass is 343 g/mol. The number of hydrogen-bond acceptors (Lipinski definition) is 7. The van der Waals surface area contributed by atoms with Crippen LogP contribution in [-0.4, -0.2) is 58.6 Å². The fourth-order valence-electron chi connectivity index (χ4n) is 1.98. The summed E-state index contributed by atoms with van der Waals surface area (Å²) in [5.74, 6) is -1.30. The van der Waals surface area contributed by atoms with Crippen molar-refractivity contribution < 1.29 is 32.2 Å². The van der Waals surface area contributed by atoms with Crippen molar-refractivity contribution in [2.75, 3.05) is 27.8 Å². The predicted octanol–water partition coefficient (Wildman–Crippen LogP) is 0.418. The number of ether oxygens (including phenoxy) is 3. The fraction of sp³-hybridized carbons (Fsp3) is 0.429. The smallest absolute Gasteiger partial charge is 0.347 e. The molecule has 0 aliphatic carbocycles. The van der Waals surface area contributed by atoms with Crippen molar-refractivity contribution in [2.45, 2.75) is 17.4 Å². The van der Waals surface area contributed by atoms with Gasteiger partial charge in [-0.25, -0.2) is 22.3 Å². The van der Waals surface area contributed by atoms with Crippen molar-refractivity contribution in [1.29, 1.82) is 0 Å². The fourth-order valence-corrected chi connectivity index (χ4v) is 3.06. The zero-order chi connectivity index (χ0) is 17.2. The molecule has 126 valence electrons. The maximum absolute atomic E-state index is 12.3. The van der Waals surface area contributed by atoms with Gasteiger partial charge < -0.3 is 14.2 Å². The van der Waals surface area contributed by atoms with Crippen molar-refractivity contribution in [2.24, 2.45) is 0 Å². The summed E-state index contributed by atoms with van der Waals surface area (Å²) in [6, 6.07) is 3.90. The molecule has 1 fully saturated rings. The summed E-state index contributed by atoms with van der Waals surface area (Å²) < 4.78 is 40.4. The van der Waals surface area contributed by atoms with E-state index in [2.05, 4.69) is 0 Å². The predicted molar refractivity (Wildman–Crippen MR) is 78.6 cm³/mol. The lowest BCUT2D eigenvalue weighted by Crippen LogP contribution is -2.24. The molecule has 0 N–H and O–H groups in total. The van der Waals surface area contributed by atoms with Gasteiger partial charge >= 0.3 is 11.9 Å². The minimum Gasteiger partial charge on any atom is -0.495 e. The van der Waals surface area contributed by atoms with E-state index in [1.165, 1.54) is 33.3 Å². The third-order valence-corrected chi connectivity index (χ3v) is 5.13. The molecule has 2 rings (SSSR count). The Balaban J connectivity index is 2.34. The first-order valence-corrected chi connectivity index (χ1v) is 8.19. The standard InChI is InChI=1S/C14H17NO7S/c1-15(2)23(18,19)12-8-9(4-5-10(12)20-3)13(16)22-11-6-7-21-14(11)17/h4-5,8,11H,6-7H2,1-3H3/t11-/m0/s1. The first-order chi connectivity index (χ1) is 10.8.